The summed E-state index contributed by atoms with van der Waals surface area (Å²) in [6.45, 7) is 5.15. The third-order valence-corrected chi connectivity index (χ3v) is 3.87. The van der Waals surface area contributed by atoms with Crippen molar-refractivity contribution < 1.29 is 5.11 Å². The van der Waals surface area contributed by atoms with E-state index in [4.69, 9.17) is 0 Å². The van der Waals surface area contributed by atoms with Crippen molar-refractivity contribution in [3.8, 4) is 0 Å². The molecule has 0 spiro atoms. The second-order valence-electron chi connectivity index (χ2n) is 5.20. The van der Waals surface area contributed by atoms with Crippen LogP contribution in [0.3, 0.4) is 0 Å². The number of nitrogens with zero attached hydrogens (tertiary/aromatic N) is 1. The average molecular weight is 247 g/mol. The first-order valence-corrected chi connectivity index (χ1v) is 7.33. The Kier molecular flexibility index (Phi) is 4.65. The molecule has 0 heterocycles. The van der Waals surface area contributed by atoms with E-state index in [0.717, 1.165) is 19.4 Å². The number of hydrogen-bond acceptors (Lipinski definition) is 2. The summed E-state index contributed by atoms with van der Waals surface area (Å²) in [4.78, 5) is 2.18. The van der Waals surface area contributed by atoms with Crippen LogP contribution in [-0.2, 0) is 12.8 Å². The number of aryl methyl sites for hydroxylation is 1. The van der Waals surface area contributed by atoms with Gasteiger partial charge in [-0.25, -0.2) is 0 Å². The molecule has 1 atom stereocenters. The van der Waals surface area contributed by atoms with E-state index in [9.17, 15) is 5.11 Å². The second-order valence-corrected chi connectivity index (χ2v) is 5.20. The van der Waals surface area contributed by atoms with Crippen LogP contribution in [0.15, 0.2) is 18.2 Å². The summed E-state index contributed by atoms with van der Waals surface area (Å²) in [6.07, 6.45) is 6.46. The van der Waals surface area contributed by atoms with E-state index in [-0.39, 0.29) is 6.23 Å². The Bertz CT molecular complexity index is 389. The van der Waals surface area contributed by atoms with Crippen molar-refractivity contribution in [1.29, 1.82) is 0 Å². The van der Waals surface area contributed by atoms with Gasteiger partial charge in [0.1, 0.15) is 6.23 Å². The second kappa shape index (κ2) is 6.24. The Morgan fingerprint density at radius 3 is 2.72 bits per heavy atom. The number of aliphatic hydroxyl groups excluding tert-OH is 1. The van der Waals surface area contributed by atoms with Crippen molar-refractivity contribution in [2.75, 3.05) is 11.4 Å². The first-order valence-electron chi connectivity index (χ1n) is 7.33. The molecule has 0 aliphatic heterocycles. The minimum atomic E-state index is -0.349. The molecule has 2 nitrogen and oxygen atoms in total. The first kappa shape index (κ1) is 13.4. The van der Waals surface area contributed by atoms with Crippen molar-refractivity contribution in [1.82, 2.24) is 0 Å². The quantitative estimate of drug-likeness (QED) is 0.805. The predicted molar refractivity (Wildman–Crippen MR) is 77.0 cm³/mol. The fraction of sp³-hybridized carbons (Fsp3) is 0.625. The number of fused-ring (bicyclic) bond motifs is 1. The summed E-state index contributed by atoms with van der Waals surface area (Å²) in [5, 5.41) is 10.2. The number of rotatable bonds is 5. The smallest absolute Gasteiger partial charge is 0.126 e. The van der Waals surface area contributed by atoms with Crippen LogP contribution in [0, 0.1) is 0 Å². The highest BCUT2D eigenvalue weighted by atomic mass is 16.3. The molecule has 0 unspecified atom stereocenters. The number of hydrogen-bond donors (Lipinski definition) is 1. The molecule has 2 heteroatoms. The van der Waals surface area contributed by atoms with Gasteiger partial charge in [0.15, 0.2) is 0 Å². The lowest BCUT2D eigenvalue weighted by Crippen LogP contribution is -2.36. The van der Waals surface area contributed by atoms with Gasteiger partial charge in [-0.05, 0) is 55.7 Å². The van der Waals surface area contributed by atoms with Gasteiger partial charge in [0.2, 0.25) is 0 Å². The van der Waals surface area contributed by atoms with Gasteiger partial charge in [0.25, 0.3) is 0 Å². The van der Waals surface area contributed by atoms with Gasteiger partial charge in [-0.15, -0.1) is 0 Å². The normalized spacial score (nSPS) is 16.2. The maximum Gasteiger partial charge on any atom is 0.126 e. The zero-order valence-corrected chi connectivity index (χ0v) is 11.7. The largest absolute Gasteiger partial charge is 0.374 e. The van der Waals surface area contributed by atoms with Gasteiger partial charge in [0.05, 0.1) is 0 Å². The zero-order chi connectivity index (χ0) is 13.0. The SMILES string of the molecule is CCCN(c1cccc2c1CCCC2)[C@@H](O)CC. The number of aliphatic hydroxyl groups is 1. The van der Waals surface area contributed by atoms with Gasteiger partial charge < -0.3 is 10.0 Å². The van der Waals surface area contributed by atoms with Gasteiger partial charge >= 0.3 is 0 Å². The third-order valence-electron chi connectivity index (χ3n) is 3.87. The Balaban J connectivity index is 2.34. The maximum absolute atomic E-state index is 10.2. The molecular formula is C16H25NO. The van der Waals surface area contributed by atoms with Crippen LogP contribution >= 0.6 is 0 Å². The van der Waals surface area contributed by atoms with E-state index in [2.05, 4.69) is 30.0 Å². The van der Waals surface area contributed by atoms with E-state index < -0.39 is 0 Å². The summed E-state index contributed by atoms with van der Waals surface area (Å²) in [6, 6.07) is 6.57. The van der Waals surface area contributed by atoms with Crippen LogP contribution in [0.25, 0.3) is 0 Å². The highest BCUT2D eigenvalue weighted by Crippen LogP contribution is 2.31. The Morgan fingerprint density at radius 2 is 2.00 bits per heavy atom. The van der Waals surface area contributed by atoms with E-state index in [1.54, 1.807) is 0 Å². The van der Waals surface area contributed by atoms with Crippen molar-refractivity contribution >= 4 is 5.69 Å². The molecule has 1 aliphatic rings. The summed E-state index contributed by atoms with van der Waals surface area (Å²) < 4.78 is 0. The molecule has 2 rings (SSSR count). The van der Waals surface area contributed by atoms with E-state index in [1.807, 2.05) is 6.92 Å². The van der Waals surface area contributed by atoms with Crippen LogP contribution in [0.4, 0.5) is 5.69 Å². The monoisotopic (exact) mass is 247 g/mol. The number of anilines is 1. The molecule has 18 heavy (non-hydrogen) atoms. The zero-order valence-electron chi connectivity index (χ0n) is 11.7. The van der Waals surface area contributed by atoms with Crippen LogP contribution in [0.1, 0.15) is 50.7 Å². The molecule has 100 valence electrons. The van der Waals surface area contributed by atoms with E-state index in [1.165, 1.54) is 42.5 Å². The lowest BCUT2D eigenvalue weighted by molar-refractivity contribution is 0.164. The molecular weight excluding hydrogens is 222 g/mol. The summed E-state index contributed by atoms with van der Waals surface area (Å²) in [5.74, 6) is 0. The van der Waals surface area contributed by atoms with Gasteiger partial charge in [0, 0.05) is 12.2 Å². The van der Waals surface area contributed by atoms with E-state index in [0.29, 0.717) is 0 Å². The van der Waals surface area contributed by atoms with Crippen LogP contribution in [0.2, 0.25) is 0 Å². The van der Waals surface area contributed by atoms with Crippen molar-refractivity contribution in [3.05, 3.63) is 29.3 Å². The highest BCUT2D eigenvalue weighted by Gasteiger charge is 2.20. The van der Waals surface area contributed by atoms with Gasteiger partial charge in [-0.3, -0.25) is 0 Å². The summed E-state index contributed by atoms with van der Waals surface area (Å²) in [5.41, 5.74) is 4.23. The summed E-state index contributed by atoms with van der Waals surface area (Å²) in [7, 11) is 0. The molecule has 0 fully saturated rings. The molecule has 1 aromatic rings. The topological polar surface area (TPSA) is 23.5 Å². The van der Waals surface area contributed by atoms with Crippen LogP contribution < -0.4 is 4.90 Å². The first-order chi connectivity index (χ1) is 8.77. The average Bonchev–Trinajstić information content (AvgIpc) is 2.43. The van der Waals surface area contributed by atoms with Crippen molar-refractivity contribution in [3.63, 3.8) is 0 Å². The molecule has 0 aromatic heterocycles. The van der Waals surface area contributed by atoms with Crippen LogP contribution in [0.5, 0.6) is 0 Å². The molecule has 1 aromatic carbocycles. The van der Waals surface area contributed by atoms with Gasteiger partial charge in [-0.2, -0.15) is 0 Å². The molecule has 1 aliphatic carbocycles. The van der Waals surface area contributed by atoms with Gasteiger partial charge in [-0.1, -0.05) is 26.0 Å². The Hall–Kier alpha value is -1.02. The molecule has 0 radical (unpaired) electrons. The molecule has 0 saturated carbocycles. The van der Waals surface area contributed by atoms with Crippen LogP contribution in [-0.4, -0.2) is 17.9 Å². The molecule has 0 bridgehead atoms. The Labute approximate surface area is 111 Å². The lowest BCUT2D eigenvalue weighted by atomic mass is 9.90. The molecule has 0 amide bonds. The van der Waals surface area contributed by atoms with E-state index >= 15 is 0 Å². The number of benzene rings is 1. The fourth-order valence-corrected chi connectivity index (χ4v) is 2.92. The highest BCUT2D eigenvalue weighted by molar-refractivity contribution is 5.58. The summed E-state index contributed by atoms with van der Waals surface area (Å²) >= 11 is 0. The van der Waals surface area contributed by atoms with Crippen molar-refractivity contribution in [2.45, 2.75) is 58.6 Å². The standard InChI is InChI=1S/C16H25NO/c1-3-12-17(16(18)4-2)15-11-7-9-13-8-5-6-10-14(13)15/h7,9,11,16,18H,3-6,8,10,12H2,1-2H3/t16-/m0/s1. The molecule has 0 saturated heterocycles. The fourth-order valence-electron chi connectivity index (χ4n) is 2.92. The minimum absolute atomic E-state index is 0.349. The Morgan fingerprint density at radius 1 is 1.22 bits per heavy atom. The third kappa shape index (κ3) is 2.69. The minimum Gasteiger partial charge on any atom is -0.374 e. The predicted octanol–water partition coefficient (Wildman–Crippen LogP) is 3.51. The molecule has 1 N–H and O–H groups in total. The van der Waals surface area contributed by atoms with Crippen molar-refractivity contribution in [2.24, 2.45) is 0 Å². The lowest BCUT2D eigenvalue weighted by Gasteiger charge is -2.33. The maximum atomic E-state index is 10.2.